The van der Waals surface area contributed by atoms with Gasteiger partial charge in [0.05, 0.1) is 12.7 Å². The number of nitrogens with one attached hydrogen (secondary N) is 1. The first kappa shape index (κ1) is 28.8. The molecule has 0 radical (unpaired) electrons. The summed E-state index contributed by atoms with van der Waals surface area (Å²) in [4.78, 5) is 32.6. The van der Waals surface area contributed by atoms with Crippen LogP contribution in [0.15, 0.2) is 71.4 Å². The van der Waals surface area contributed by atoms with E-state index in [1.165, 1.54) is 28.6 Å². The van der Waals surface area contributed by atoms with Crippen molar-refractivity contribution in [2.45, 2.75) is 26.2 Å². The van der Waals surface area contributed by atoms with Gasteiger partial charge in [-0.25, -0.2) is 9.59 Å². The number of fused-ring (bicyclic) bond motifs is 2. The van der Waals surface area contributed by atoms with E-state index >= 15 is 0 Å². The third kappa shape index (κ3) is 10.1. The van der Waals surface area contributed by atoms with Crippen molar-refractivity contribution in [2.75, 3.05) is 31.1 Å². The van der Waals surface area contributed by atoms with Crippen LogP contribution in [-0.4, -0.2) is 49.8 Å². The van der Waals surface area contributed by atoms with Crippen molar-refractivity contribution in [3.05, 3.63) is 82.6 Å². The van der Waals surface area contributed by atoms with Gasteiger partial charge >= 0.3 is 11.9 Å². The molecule has 0 spiro atoms. The van der Waals surface area contributed by atoms with Gasteiger partial charge in [-0.2, -0.15) is 0 Å². The number of carboxylic acid groups (broad SMARTS) is 1. The lowest BCUT2D eigenvalue weighted by molar-refractivity contribution is -0.137. The van der Waals surface area contributed by atoms with Crippen LogP contribution in [0.1, 0.15) is 24.5 Å². The highest BCUT2D eigenvalue weighted by molar-refractivity contribution is 9.10. The molecule has 0 aromatic heterocycles. The molecule has 8 nitrogen and oxygen atoms in total. The van der Waals surface area contributed by atoms with Crippen LogP contribution in [0.3, 0.4) is 0 Å². The molecule has 1 aliphatic rings. The van der Waals surface area contributed by atoms with E-state index in [2.05, 4.69) is 73.3 Å². The summed E-state index contributed by atoms with van der Waals surface area (Å²) in [7, 11) is 0. The minimum atomic E-state index is -1.15. The fraction of sp³-hybridized carbons (Fsp3) is 0.296. The monoisotopic (exact) mass is 558 g/mol. The number of hydrogen-bond donors (Lipinski definition) is 2. The molecule has 0 amide bonds. The number of nitrogens with zero attached hydrogens (tertiary/aromatic N) is 1. The Labute approximate surface area is 219 Å². The minimum Gasteiger partial charge on any atom is -0.478 e. The predicted molar refractivity (Wildman–Crippen MR) is 142 cm³/mol. The van der Waals surface area contributed by atoms with Gasteiger partial charge < -0.3 is 24.8 Å². The van der Waals surface area contributed by atoms with E-state index in [-0.39, 0.29) is 12.4 Å². The third-order valence-electron chi connectivity index (χ3n) is 5.17. The maximum absolute atomic E-state index is 11.3. The molecule has 0 saturated heterocycles. The maximum atomic E-state index is 11.3. The number of esters is 1. The van der Waals surface area contributed by atoms with E-state index in [1.807, 2.05) is 13.0 Å². The van der Waals surface area contributed by atoms with E-state index < -0.39 is 5.97 Å². The molecule has 0 fully saturated rings. The predicted octanol–water partition coefficient (Wildman–Crippen LogP) is 4.54. The van der Waals surface area contributed by atoms with E-state index in [1.54, 1.807) is 0 Å². The number of carboxylic acids is 1. The maximum Gasteiger partial charge on any atom is 0.331 e. The van der Waals surface area contributed by atoms with Crippen LogP contribution in [-0.2, 0) is 36.7 Å². The normalized spacial score (nSPS) is 12.2. The van der Waals surface area contributed by atoms with Gasteiger partial charge in [0, 0.05) is 35.0 Å². The van der Waals surface area contributed by atoms with Crippen molar-refractivity contribution in [2.24, 2.45) is 0 Å². The van der Waals surface area contributed by atoms with Gasteiger partial charge in [0.25, 0.3) is 6.47 Å². The Balaban J connectivity index is 0.000000493. The van der Waals surface area contributed by atoms with Gasteiger partial charge in [0.2, 0.25) is 0 Å². The Morgan fingerprint density at radius 1 is 1.11 bits per heavy atom. The molecule has 1 heterocycles. The molecule has 1 aliphatic heterocycles. The first-order valence-corrected chi connectivity index (χ1v) is 12.4. The number of halogens is 1. The van der Waals surface area contributed by atoms with Crippen LogP contribution in [0, 0.1) is 0 Å². The molecule has 0 atom stereocenters. The highest BCUT2D eigenvalue weighted by Gasteiger charge is 2.20. The molecule has 9 heteroatoms. The number of aryl methyl sites for hydroxylation is 2. The van der Waals surface area contributed by atoms with E-state index in [9.17, 15) is 14.4 Å². The summed E-state index contributed by atoms with van der Waals surface area (Å²) in [5.41, 5.74) is 5.40. The van der Waals surface area contributed by atoms with Crippen molar-refractivity contribution >= 4 is 45.7 Å². The molecule has 36 heavy (non-hydrogen) atoms. The summed E-state index contributed by atoms with van der Waals surface area (Å²) < 4.78 is 9.88. The second-order valence-electron chi connectivity index (χ2n) is 7.64. The zero-order valence-corrected chi connectivity index (χ0v) is 21.8. The number of aliphatic carboxylic acids is 1. The number of carbonyl (C=O) groups is 3. The largest absolute Gasteiger partial charge is 0.478 e. The molecule has 0 aliphatic carbocycles. The lowest BCUT2D eigenvalue weighted by Crippen LogP contribution is -2.24. The topological polar surface area (TPSA) is 105 Å². The molecular weight excluding hydrogens is 528 g/mol. The fourth-order valence-corrected chi connectivity index (χ4v) is 4.00. The highest BCUT2D eigenvalue weighted by atomic mass is 79.9. The summed E-state index contributed by atoms with van der Waals surface area (Å²) in [6.45, 7) is 4.84. The number of rotatable bonds is 11. The quantitative estimate of drug-likeness (QED) is 0.136. The second-order valence-corrected chi connectivity index (χ2v) is 8.55. The fourth-order valence-electron chi connectivity index (χ4n) is 3.65. The van der Waals surface area contributed by atoms with Crippen molar-refractivity contribution in [1.82, 2.24) is 5.32 Å². The van der Waals surface area contributed by atoms with E-state index in [4.69, 9.17) is 9.84 Å². The summed E-state index contributed by atoms with van der Waals surface area (Å²) in [6.07, 6.45) is 7.93. The lowest BCUT2D eigenvalue weighted by atomic mass is 10.0. The zero-order chi connectivity index (χ0) is 26.2. The number of ether oxygens (including phenoxy) is 2. The van der Waals surface area contributed by atoms with Crippen LogP contribution >= 0.6 is 15.9 Å². The Kier molecular flexibility index (Phi) is 13.0. The Hall–Kier alpha value is -3.43. The van der Waals surface area contributed by atoms with Gasteiger partial charge in [0.15, 0.2) is 0 Å². The van der Waals surface area contributed by atoms with E-state index in [0.29, 0.717) is 19.2 Å². The van der Waals surface area contributed by atoms with Gasteiger partial charge in [0.1, 0.15) is 6.26 Å². The Morgan fingerprint density at radius 3 is 2.58 bits per heavy atom. The van der Waals surface area contributed by atoms with Gasteiger partial charge in [-0.15, -0.1) is 0 Å². The molecule has 0 unspecified atom stereocenters. The molecular formula is C27H31BrN2O6. The van der Waals surface area contributed by atoms with Crippen LogP contribution < -0.4 is 10.2 Å². The number of carbonyl (C=O) groups excluding carboxylic acids is 2. The molecule has 0 bridgehead atoms. The molecule has 2 aromatic carbocycles. The molecule has 2 aromatic rings. The number of benzene rings is 2. The van der Waals surface area contributed by atoms with Crippen molar-refractivity contribution in [1.29, 1.82) is 0 Å². The minimum absolute atomic E-state index is 0.138. The SMILES string of the molecule is CCOC(=O)/C=C/CNCCCN1c2ccccc2CCc2ccc(Br)cc21.O=CO/C=C\C(=O)O. The molecule has 2 N–H and O–H groups in total. The van der Waals surface area contributed by atoms with Crippen molar-refractivity contribution in [3.63, 3.8) is 0 Å². The lowest BCUT2D eigenvalue weighted by Gasteiger charge is -2.27. The van der Waals surface area contributed by atoms with Crippen LogP contribution in [0.4, 0.5) is 11.4 Å². The molecule has 192 valence electrons. The highest BCUT2D eigenvalue weighted by Crippen LogP contribution is 2.37. The molecule has 3 rings (SSSR count). The molecule has 0 saturated carbocycles. The zero-order valence-electron chi connectivity index (χ0n) is 20.2. The van der Waals surface area contributed by atoms with Gasteiger partial charge in [-0.1, -0.05) is 46.3 Å². The van der Waals surface area contributed by atoms with Crippen LogP contribution in [0.2, 0.25) is 0 Å². The van der Waals surface area contributed by atoms with Crippen molar-refractivity contribution in [3.8, 4) is 0 Å². The average Bonchev–Trinajstić information content (AvgIpc) is 3.01. The number of para-hydroxylation sites is 1. The third-order valence-corrected chi connectivity index (χ3v) is 5.66. The van der Waals surface area contributed by atoms with Gasteiger partial charge in [-0.05, 0) is 62.1 Å². The smallest absolute Gasteiger partial charge is 0.331 e. The first-order valence-electron chi connectivity index (χ1n) is 11.6. The second kappa shape index (κ2) is 16.3. The number of hydrogen-bond acceptors (Lipinski definition) is 7. The Bertz CT molecular complexity index is 1070. The summed E-state index contributed by atoms with van der Waals surface area (Å²) in [5.74, 6) is -1.43. The first-order chi connectivity index (χ1) is 17.5. The Morgan fingerprint density at radius 2 is 1.86 bits per heavy atom. The summed E-state index contributed by atoms with van der Waals surface area (Å²) >= 11 is 3.63. The van der Waals surface area contributed by atoms with Crippen LogP contribution in [0.5, 0.6) is 0 Å². The van der Waals surface area contributed by atoms with Gasteiger partial charge in [-0.3, -0.25) is 4.79 Å². The number of anilines is 2. The van der Waals surface area contributed by atoms with E-state index in [0.717, 1.165) is 43.1 Å². The van der Waals surface area contributed by atoms with Crippen molar-refractivity contribution < 1.29 is 29.0 Å². The summed E-state index contributed by atoms with van der Waals surface area (Å²) in [6, 6.07) is 15.3. The standard InChI is InChI=1S/C23H27BrN2O2.C4H4O4/c1-2-28-23(27)9-5-14-25-15-6-16-26-21-8-4-3-7-18(21)10-11-19-12-13-20(24)17-22(19)26;5-3-8-2-1-4(6)7/h3-5,7-9,12-13,17,25H,2,6,10-11,14-16H2,1H3;1-3H,(H,6,7)/b9-5+;2-1-. The van der Waals surface area contributed by atoms with Crippen LogP contribution in [0.25, 0.3) is 0 Å². The summed E-state index contributed by atoms with van der Waals surface area (Å²) in [5, 5.41) is 11.2. The average molecular weight is 559 g/mol.